The van der Waals surface area contributed by atoms with Crippen LogP contribution in [-0.4, -0.2) is 42.9 Å². The number of ether oxygens (including phenoxy) is 1. The first-order valence-corrected chi connectivity index (χ1v) is 7.57. The molecular weight excluding hydrogens is 286 g/mol. The van der Waals surface area contributed by atoms with Gasteiger partial charge in [0, 0.05) is 25.9 Å². The minimum absolute atomic E-state index is 0.0526. The molecule has 0 atom stereocenters. The second-order valence-electron chi connectivity index (χ2n) is 4.08. The van der Waals surface area contributed by atoms with Crippen molar-refractivity contribution in [3.05, 3.63) is 22.4 Å². The fourth-order valence-electron chi connectivity index (χ4n) is 1.39. The molecule has 4 nitrogen and oxygen atoms in total. The molecule has 0 radical (unpaired) electrons. The molecule has 0 bridgehead atoms. The smallest absolute Gasteiger partial charge is 0.409 e. The number of rotatable bonds is 8. The molecule has 1 aromatic rings. The van der Waals surface area contributed by atoms with E-state index in [1.54, 1.807) is 13.1 Å². The lowest BCUT2D eigenvalue weighted by Crippen LogP contribution is -2.29. The van der Waals surface area contributed by atoms with E-state index in [0.29, 0.717) is 25.5 Å². The second kappa shape index (κ2) is 8.93. The van der Waals surface area contributed by atoms with Crippen molar-refractivity contribution in [3.63, 3.8) is 0 Å². The topological polar surface area (TPSA) is 46.6 Å². The Hall–Kier alpha value is -1.07. The second-order valence-corrected chi connectivity index (χ2v) is 5.41. The molecule has 0 fully saturated rings. The Balaban J connectivity index is 2.21. The monoisotopic (exact) mass is 303 g/mol. The van der Waals surface area contributed by atoms with Gasteiger partial charge in [0.05, 0.1) is 11.5 Å². The zero-order chi connectivity index (χ0) is 14.1. The summed E-state index contributed by atoms with van der Waals surface area (Å²) in [4.78, 5) is 25.5. The van der Waals surface area contributed by atoms with Gasteiger partial charge in [0.25, 0.3) is 0 Å². The Labute approximate surface area is 122 Å². The molecule has 106 valence electrons. The van der Waals surface area contributed by atoms with Crippen LogP contribution in [0.25, 0.3) is 0 Å². The average Bonchev–Trinajstić information content (AvgIpc) is 2.94. The van der Waals surface area contributed by atoms with Gasteiger partial charge in [-0.25, -0.2) is 4.79 Å². The van der Waals surface area contributed by atoms with Gasteiger partial charge in [0.2, 0.25) is 0 Å². The summed E-state index contributed by atoms with van der Waals surface area (Å²) < 4.78 is 5.05. The van der Waals surface area contributed by atoms with E-state index in [9.17, 15) is 9.59 Å². The van der Waals surface area contributed by atoms with Crippen molar-refractivity contribution >= 4 is 34.8 Å². The molecule has 1 heterocycles. The first-order chi connectivity index (χ1) is 9.15. The van der Waals surface area contributed by atoms with Crippen molar-refractivity contribution in [1.29, 1.82) is 0 Å². The summed E-state index contributed by atoms with van der Waals surface area (Å²) in [6.45, 7) is 0.736. The number of carbonyl (C=O) groups excluding carboxylic acids is 2. The molecule has 0 saturated carbocycles. The van der Waals surface area contributed by atoms with E-state index in [4.69, 9.17) is 16.3 Å². The summed E-state index contributed by atoms with van der Waals surface area (Å²) in [6.07, 6.45) is 1.51. The Morgan fingerprint density at radius 3 is 2.84 bits per heavy atom. The van der Waals surface area contributed by atoms with Crippen LogP contribution in [0.4, 0.5) is 4.79 Å². The van der Waals surface area contributed by atoms with Crippen molar-refractivity contribution in [2.45, 2.75) is 19.3 Å². The van der Waals surface area contributed by atoms with Gasteiger partial charge in [-0.3, -0.25) is 4.79 Å². The highest BCUT2D eigenvalue weighted by molar-refractivity contribution is 7.12. The van der Waals surface area contributed by atoms with Crippen molar-refractivity contribution in [2.24, 2.45) is 0 Å². The number of thiophene rings is 1. The first kappa shape index (κ1) is 16.0. The van der Waals surface area contributed by atoms with Crippen LogP contribution < -0.4 is 0 Å². The Morgan fingerprint density at radius 2 is 2.21 bits per heavy atom. The molecular formula is C13H18ClNO3S. The third kappa shape index (κ3) is 6.07. The van der Waals surface area contributed by atoms with E-state index in [-0.39, 0.29) is 5.78 Å². The van der Waals surface area contributed by atoms with Gasteiger partial charge in [0.1, 0.15) is 0 Å². The van der Waals surface area contributed by atoms with E-state index in [0.717, 1.165) is 17.7 Å². The summed E-state index contributed by atoms with van der Waals surface area (Å²) in [5.41, 5.74) is 0. The lowest BCUT2D eigenvalue weighted by atomic mass is 10.2. The largest absolute Gasteiger partial charge is 0.449 e. The lowest BCUT2D eigenvalue weighted by molar-refractivity contribution is 0.0941. The number of hydrogen-bond donors (Lipinski definition) is 0. The van der Waals surface area contributed by atoms with Crippen LogP contribution in [0.5, 0.6) is 0 Å². The maximum absolute atomic E-state index is 11.7. The van der Waals surface area contributed by atoms with Crippen molar-refractivity contribution in [2.75, 3.05) is 26.1 Å². The van der Waals surface area contributed by atoms with E-state index in [2.05, 4.69) is 0 Å². The summed E-state index contributed by atoms with van der Waals surface area (Å²) in [5, 5.41) is 1.86. The summed E-state index contributed by atoms with van der Waals surface area (Å²) in [6, 6.07) is 3.63. The zero-order valence-electron chi connectivity index (χ0n) is 10.9. The molecule has 0 spiro atoms. The maximum Gasteiger partial charge on any atom is 0.409 e. The molecule has 1 rings (SSSR count). The van der Waals surface area contributed by atoms with Crippen molar-refractivity contribution in [3.8, 4) is 0 Å². The number of hydrogen-bond acceptors (Lipinski definition) is 4. The molecule has 0 aliphatic heterocycles. The van der Waals surface area contributed by atoms with Crippen molar-refractivity contribution in [1.82, 2.24) is 4.90 Å². The van der Waals surface area contributed by atoms with Gasteiger partial charge in [-0.05, 0) is 24.3 Å². The van der Waals surface area contributed by atoms with Crippen LogP contribution >= 0.6 is 22.9 Å². The van der Waals surface area contributed by atoms with Crippen LogP contribution in [0, 0.1) is 0 Å². The van der Waals surface area contributed by atoms with Crippen LogP contribution in [-0.2, 0) is 4.74 Å². The van der Waals surface area contributed by atoms with Crippen LogP contribution in [0.1, 0.15) is 28.9 Å². The molecule has 0 N–H and O–H groups in total. The number of ketones is 1. The number of alkyl halides is 1. The summed E-state index contributed by atoms with van der Waals surface area (Å²) >= 11 is 6.94. The minimum atomic E-state index is -0.395. The fraction of sp³-hybridized carbons (Fsp3) is 0.538. The number of halogens is 1. The lowest BCUT2D eigenvalue weighted by Gasteiger charge is -2.16. The molecule has 0 aliphatic carbocycles. The summed E-state index contributed by atoms with van der Waals surface area (Å²) in [5.74, 6) is 0.625. The first-order valence-electron chi connectivity index (χ1n) is 6.15. The Kier molecular flexibility index (Phi) is 7.52. The standard InChI is InChI=1S/C13H18ClNO3S/c1-15(13(17)18-9-3-2-7-14)8-6-11(16)12-5-4-10-19-12/h4-5,10H,2-3,6-9H2,1H3. The predicted octanol–water partition coefficient (Wildman–Crippen LogP) is 3.41. The highest BCUT2D eigenvalue weighted by Gasteiger charge is 2.13. The molecule has 0 aliphatic rings. The number of nitrogens with zero attached hydrogens (tertiary/aromatic N) is 1. The minimum Gasteiger partial charge on any atom is -0.449 e. The third-order valence-corrected chi connectivity index (χ3v) is 3.71. The van der Waals surface area contributed by atoms with Crippen LogP contribution in [0.2, 0.25) is 0 Å². The Morgan fingerprint density at radius 1 is 1.42 bits per heavy atom. The van der Waals surface area contributed by atoms with Gasteiger partial charge < -0.3 is 9.64 Å². The third-order valence-electron chi connectivity index (χ3n) is 2.54. The van der Waals surface area contributed by atoms with Crippen molar-refractivity contribution < 1.29 is 14.3 Å². The molecule has 0 saturated heterocycles. The fourth-order valence-corrected chi connectivity index (χ4v) is 2.27. The van der Waals surface area contributed by atoms with Gasteiger partial charge in [-0.15, -0.1) is 22.9 Å². The van der Waals surface area contributed by atoms with Gasteiger partial charge >= 0.3 is 6.09 Å². The SMILES string of the molecule is CN(CCC(=O)c1cccs1)C(=O)OCCCCCl. The van der Waals surface area contributed by atoms with Crippen LogP contribution in [0.3, 0.4) is 0 Å². The predicted molar refractivity (Wildman–Crippen MR) is 77.2 cm³/mol. The number of Topliss-reactive ketones (excluding diaryl/α,β-unsaturated/α-hetero) is 1. The number of unbranched alkanes of at least 4 members (excludes halogenated alkanes) is 1. The van der Waals surface area contributed by atoms with E-state index in [1.165, 1.54) is 16.2 Å². The quantitative estimate of drug-likeness (QED) is 0.420. The maximum atomic E-state index is 11.7. The average molecular weight is 304 g/mol. The molecule has 0 unspecified atom stereocenters. The zero-order valence-corrected chi connectivity index (χ0v) is 12.5. The van der Waals surface area contributed by atoms with Gasteiger partial charge in [0.15, 0.2) is 5.78 Å². The Bertz CT molecular complexity index is 395. The normalized spacial score (nSPS) is 10.2. The van der Waals surface area contributed by atoms with E-state index >= 15 is 0 Å². The van der Waals surface area contributed by atoms with Gasteiger partial charge in [-0.2, -0.15) is 0 Å². The summed E-state index contributed by atoms with van der Waals surface area (Å²) in [7, 11) is 1.63. The highest BCUT2D eigenvalue weighted by Crippen LogP contribution is 2.11. The highest BCUT2D eigenvalue weighted by atomic mass is 35.5. The number of carbonyl (C=O) groups is 2. The van der Waals surface area contributed by atoms with E-state index < -0.39 is 6.09 Å². The molecule has 6 heteroatoms. The van der Waals surface area contributed by atoms with Gasteiger partial charge in [-0.1, -0.05) is 6.07 Å². The number of amides is 1. The molecule has 19 heavy (non-hydrogen) atoms. The molecule has 1 amide bonds. The molecule has 1 aromatic heterocycles. The van der Waals surface area contributed by atoms with E-state index in [1.807, 2.05) is 11.4 Å². The molecule has 0 aromatic carbocycles. The van der Waals surface area contributed by atoms with Crippen LogP contribution in [0.15, 0.2) is 17.5 Å².